The van der Waals surface area contributed by atoms with Crippen LogP contribution in [0.1, 0.15) is 13.3 Å². The molecule has 1 aliphatic carbocycles. The van der Waals surface area contributed by atoms with Gasteiger partial charge in [-0.1, -0.05) is 0 Å². The van der Waals surface area contributed by atoms with Gasteiger partial charge in [-0.25, -0.2) is 4.39 Å². The van der Waals surface area contributed by atoms with Crippen LogP contribution in [0, 0.1) is 16.7 Å². The fourth-order valence-electron chi connectivity index (χ4n) is 0.870. The van der Waals surface area contributed by atoms with Gasteiger partial charge < -0.3 is 5.32 Å². The molecule has 2 unspecified atom stereocenters. The molecule has 1 N–H and O–H groups in total. The number of hydrogen-bond donors (Lipinski definition) is 1. The van der Waals surface area contributed by atoms with Crippen LogP contribution in [0.4, 0.5) is 4.39 Å². The molecule has 60 valence electrons. The molecule has 0 aromatic rings. The van der Waals surface area contributed by atoms with Gasteiger partial charge in [-0.2, -0.15) is 5.26 Å². The minimum atomic E-state index is -1.03. The summed E-state index contributed by atoms with van der Waals surface area (Å²) >= 11 is 0. The monoisotopic (exact) mass is 156 g/mol. The second-order valence-electron chi connectivity index (χ2n) is 2.93. The van der Waals surface area contributed by atoms with Crippen molar-refractivity contribution >= 4 is 5.91 Å². The Morgan fingerprint density at radius 1 is 2.00 bits per heavy atom. The molecule has 1 aliphatic rings. The van der Waals surface area contributed by atoms with E-state index in [1.54, 1.807) is 13.0 Å². The molecule has 0 aromatic heterocycles. The molecule has 3 nitrogen and oxygen atoms in total. The van der Waals surface area contributed by atoms with Crippen molar-refractivity contribution in [3.63, 3.8) is 0 Å². The number of carbonyl (C=O) groups is 1. The Labute approximate surface area is 64.2 Å². The predicted octanol–water partition coefficient (Wildman–Crippen LogP) is 0.374. The zero-order chi connectivity index (χ0) is 8.48. The van der Waals surface area contributed by atoms with Crippen molar-refractivity contribution in [2.24, 2.45) is 5.41 Å². The number of nitrogens with zero attached hydrogens (tertiary/aromatic N) is 1. The third kappa shape index (κ3) is 1.32. The molecule has 1 amide bonds. The maximum atomic E-state index is 12.5. The summed E-state index contributed by atoms with van der Waals surface area (Å²) < 4.78 is 12.5. The molecule has 1 fully saturated rings. The number of nitriles is 1. The third-order valence-corrected chi connectivity index (χ3v) is 1.98. The van der Waals surface area contributed by atoms with Crippen LogP contribution in [-0.2, 0) is 4.79 Å². The first-order valence-corrected chi connectivity index (χ1v) is 3.40. The molecule has 0 heterocycles. The summed E-state index contributed by atoms with van der Waals surface area (Å²) in [6, 6.07) is 1.76. The second-order valence-corrected chi connectivity index (χ2v) is 2.93. The van der Waals surface area contributed by atoms with Gasteiger partial charge in [-0.3, -0.25) is 4.79 Å². The van der Waals surface area contributed by atoms with Crippen LogP contribution in [0.25, 0.3) is 0 Å². The number of amides is 1. The first-order chi connectivity index (χ1) is 5.11. The van der Waals surface area contributed by atoms with Crippen molar-refractivity contribution < 1.29 is 9.18 Å². The van der Waals surface area contributed by atoms with E-state index in [4.69, 9.17) is 5.26 Å². The van der Waals surface area contributed by atoms with Crippen molar-refractivity contribution in [3.8, 4) is 6.07 Å². The van der Waals surface area contributed by atoms with Crippen LogP contribution in [0.5, 0.6) is 0 Å². The zero-order valence-corrected chi connectivity index (χ0v) is 6.22. The van der Waals surface area contributed by atoms with E-state index in [9.17, 15) is 9.18 Å². The topological polar surface area (TPSA) is 52.9 Å². The number of halogens is 1. The molecular formula is C7H9FN2O. The molecule has 0 radical (unpaired) electrons. The van der Waals surface area contributed by atoms with Crippen LogP contribution >= 0.6 is 0 Å². The van der Waals surface area contributed by atoms with E-state index in [0.29, 0.717) is 0 Å². The fourth-order valence-corrected chi connectivity index (χ4v) is 0.870. The van der Waals surface area contributed by atoms with E-state index in [-0.39, 0.29) is 18.9 Å². The summed E-state index contributed by atoms with van der Waals surface area (Å²) in [4.78, 5) is 11.0. The van der Waals surface area contributed by atoms with Gasteiger partial charge in [0, 0.05) is 0 Å². The standard InChI is InChI=1S/C7H9FN2O/c1-7(4-5(7)8)6(11)10-3-2-9/h5H,3-4H2,1H3,(H,10,11). The summed E-state index contributed by atoms with van der Waals surface area (Å²) in [5.74, 6) is -0.355. The molecule has 11 heavy (non-hydrogen) atoms. The van der Waals surface area contributed by atoms with Crippen molar-refractivity contribution in [3.05, 3.63) is 0 Å². The van der Waals surface area contributed by atoms with Gasteiger partial charge in [0.15, 0.2) is 0 Å². The van der Waals surface area contributed by atoms with Crippen molar-refractivity contribution in [1.82, 2.24) is 5.32 Å². The highest BCUT2D eigenvalue weighted by molar-refractivity contribution is 5.86. The number of rotatable bonds is 2. The number of carbonyl (C=O) groups excluding carboxylic acids is 1. The maximum Gasteiger partial charge on any atom is 0.229 e. The molecular weight excluding hydrogens is 147 g/mol. The molecule has 0 aliphatic heterocycles. The quantitative estimate of drug-likeness (QED) is 0.587. The minimum Gasteiger partial charge on any atom is -0.342 e. The Hall–Kier alpha value is -1.11. The van der Waals surface area contributed by atoms with E-state index < -0.39 is 11.6 Å². The molecule has 0 saturated heterocycles. The van der Waals surface area contributed by atoms with Crippen LogP contribution < -0.4 is 5.32 Å². The van der Waals surface area contributed by atoms with Gasteiger partial charge >= 0.3 is 0 Å². The van der Waals surface area contributed by atoms with E-state index in [1.807, 2.05) is 0 Å². The van der Waals surface area contributed by atoms with Gasteiger partial charge in [0.2, 0.25) is 5.91 Å². The molecule has 0 bridgehead atoms. The Morgan fingerprint density at radius 2 is 2.55 bits per heavy atom. The smallest absolute Gasteiger partial charge is 0.229 e. The molecule has 2 atom stereocenters. The molecule has 4 heteroatoms. The highest BCUT2D eigenvalue weighted by Crippen LogP contribution is 2.48. The van der Waals surface area contributed by atoms with Crippen molar-refractivity contribution in [2.75, 3.05) is 6.54 Å². The first-order valence-electron chi connectivity index (χ1n) is 3.40. The Kier molecular flexibility index (Phi) is 1.81. The molecule has 1 saturated carbocycles. The predicted molar refractivity (Wildman–Crippen MR) is 36.2 cm³/mol. The lowest BCUT2D eigenvalue weighted by Crippen LogP contribution is -2.31. The fraction of sp³-hybridized carbons (Fsp3) is 0.714. The molecule has 0 aromatic carbocycles. The summed E-state index contributed by atoms with van der Waals surface area (Å²) in [6.07, 6.45) is -0.745. The normalized spacial score (nSPS) is 34.1. The number of alkyl halides is 1. The van der Waals surface area contributed by atoms with Crippen molar-refractivity contribution in [1.29, 1.82) is 5.26 Å². The average Bonchev–Trinajstić information content (AvgIpc) is 2.56. The average molecular weight is 156 g/mol. The van der Waals surface area contributed by atoms with E-state index in [0.717, 1.165) is 0 Å². The molecule has 0 spiro atoms. The number of hydrogen-bond acceptors (Lipinski definition) is 2. The third-order valence-electron chi connectivity index (χ3n) is 1.98. The highest BCUT2D eigenvalue weighted by Gasteiger charge is 2.57. The summed E-state index contributed by atoms with van der Waals surface area (Å²) in [5, 5.41) is 10.4. The Bertz CT molecular complexity index is 223. The second kappa shape index (κ2) is 2.50. The van der Waals surface area contributed by atoms with E-state index in [2.05, 4.69) is 5.32 Å². The Balaban J connectivity index is 2.39. The van der Waals surface area contributed by atoms with Gasteiger partial charge in [0.05, 0.1) is 11.5 Å². The lowest BCUT2D eigenvalue weighted by molar-refractivity contribution is -0.126. The van der Waals surface area contributed by atoms with Gasteiger partial charge in [-0.15, -0.1) is 0 Å². The lowest BCUT2D eigenvalue weighted by atomic mass is 10.1. The summed E-state index contributed by atoms with van der Waals surface area (Å²) in [7, 11) is 0. The van der Waals surface area contributed by atoms with Crippen LogP contribution in [0.2, 0.25) is 0 Å². The lowest BCUT2D eigenvalue weighted by Gasteiger charge is -2.05. The van der Waals surface area contributed by atoms with Crippen LogP contribution in [-0.4, -0.2) is 18.6 Å². The highest BCUT2D eigenvalue weighted by atomic mass is 19.1. The van der Waals surface area contributed by atoms with Gasteiger partial charge in [-0.05, 0) is 13.3 Å². The largest absolute Gasteiger partial charge is 0.342 e. The Morgan fingerprint density at radius 3 is 2.91 bits per heavy atom. The summed E-state index contributed by atoms with van der Waals surface area (Å²) in [6.45, 7) is 1.52. The van der Waals surface area contributed by atoms with Crippen LogP contribution in [0.3, 0.4) is 0 Å². The van der Waals surface area contributed by atoms with Crippen LogP contribution in [0.15, 0.2) is 0 Å². The van der Waals surface area contributed by atoms with E-state index in [1.165, 1.54) is 0 Å². The van der Waals surface area contributed by atoms with Gasteiger partial charge in [0.25, 0.3) is 0 Å². The summed E-state index contributed by atoms with van der Waals surface area (Å²) in [5.41, 5.74) is -0.850. The van der Waals surface area contributed by atoms with E-state index >= 15 is 0 Å². The maximum absolute atomic E-state index is 12.5. The zero-order valence-electron chi connectivity index (χ0n) is 6.22. The molecule has 1 rings (SSSR count). The van der Waals surface area contributed by atoms with Gasteiger partial charge in [0.1, 0.15) is 12.7 Å². The number of nitrogens with one attached hydrogen (secondary N) is 1. The minimum absolute atomic E-state index is 0.0405. The van der Waals surface area contributed by atoms with Crippen molar-refractivity contribution in [2.45, 2.75) is 19.5 Å². The first kappa shape index (κ1) is 7.99. The SMILES string of the molecule is CC1(C(=O)NCC#N)CC1F.